The maximum Gasteiger partial charge on any atom is 0.270 e. The largest absolute Gasteiger partial charge is 0.390 e. The average Bonchev–Trinajstić information content (AvgIpc) is 3.29. The predicted molar refractivity (Wildman–Crippen MR) is 104 cm³/mol. The molecule has 1 aliphatic carbocycles. The number of aliphatic hydroxyl groups excluding tert-OH is 2. The molecular formula is C20H21F2N5O3. The highest BCUT2D eigenvalue weighted by molar-refractivity contribution is 6.47. The first-order chi connectivity index (χ1) is 14.3. The molecule has 4 atom stereocenters. The summed E-state index contributed by atoms with van der Waals surface area (Å²) in [4.78, 5) is 25.4. The number of aliphatic imine (C=N–C) groups is 1. The second-order valence-electron chi connectivity index (χ2n) is 7.46. The minimum Gasteiger partial charge on any atom is -0.390 e. The molecule has 30 heavy (non-hydrogen) atoms. The maximum absolute atomic E-state index is 14.0. The van der Waals surface area contributed by atoms with Gasteiger partial charge in [-0.3, -0.25) is 9.79 Å². The first-order valence-electron chi connectivity index (χ1n) is 9.62. The molecule has 2 aliphatic rings. The Labute approximate surface area is 171 Å². The summed E-state index contributed by atoms with van der Waals surface area (Å²) in [6.07, 6.45) is 0.540. The molecule has 2 heterocycles. The molecule has 2 aromatic rings. The number of nitrogens with zero attached hydrogens (tertiary/aromatic N) is 3. The SMILES string of the molecule is C[C@@H](NC(=O)C1=NCc2ncnc(N[C@H]3CC[C@H](O)[C@@H]3O)c21)c1cc(F)ccc1F. The summed E-state index contributed by atoms with van der Waals surface area (Å²) >= 11 is 0. The van der Waals surface area contributed by atoms with E-state index in [1.54, 1.807) is 6.92 Å². The van der Waals surface area contributed by atoms with Crippen molar-refractivity contribution >= 4 is 17.4 Å². The molecule has 1 aromatic heterocycles. The van der Waals surface area contributed by atoms with Crippen LogP contribution in [0.25, 0.3) is 0 Å². The van der Waals surface area contributed by atoms with Crippen LogP contribution in [0.1, 0.15) is 42.6 Å². The number of carbonyl (C=O) groups excluding carboxylic acids is 1. The van der Waals surface area contributed by atoms with Crippen LogP contribution in [0.2, 0.25) is 0 Å². The third-order valence-electron chi connectivity index (χ3n) is 5.44. The Kier molecular flexibility index (Phi) is 5.44. The van der Waals surface area contributed by atoms with Crippen molar-refractivity contribution < 1.29 is 23.8 Å². The molecule has 1 amide bonds. The highest BCUT2D eigenvalue weighted by Gasteiger charge is 2.35. The first-order valence-corrected chi connectivity index (χ1v) is 9.62. The van der Waals surface area contributed by atoms with Gasteiger partial charge in [0, 0.05) is 5.56 Å². The van der Waals surface area contributed by atoms with Crippen LogP contribution in [-0.4, -0.2) is 50.0 Å². The molecule has 0 bridgehead atoms. The number of halogens is 2. The van der Waals surface area contributed by atoms with Crippen LogP contribution in [0.15, 0.2) is 29.5 Å². The van der Waals surface area contributed by atoms with Gasteiger partial charge in [-0.15, -0.1) is 0 Å². The predicted octanol–water partition coefficient (Wildman–Crippen LogP) is 1.23. The summed E-state index contributed by atoms with van der Waals surface area (Å²) in [5.74, 6) is -1.48. The van der Waals surface area contributed by atoms with Crippen LogP contribution in [0.5, 0.6) is 0 Å². The van der Waals surface area contributed by atoms with Crippen molar-refractivity contribution in [1.82, 2.24) is 15.3 Å². The van der Waals surface area contributed by atoms with Gasteiger partial charge >= 0.3 is 0 Å². The third kappa shape index (κ3) is 3.75. The van der Waals surface area contributed by atoms with Gasteiger partial charge in [0.15, 0.2) is 0 Å². The van der Waals surface area contributed by atoms with Crippen LogP contribution >= 0.6 is 0 Å². The molecular weight excluding hydrogens is 396 g/mol. The van der Waals surface area contributed by atoms with Gasteiger partial charge < -0.3 is 20.8 Å². The smallest absolute Gasteiger partial charge is 0.270 e. The molecule has 4 rings (SSSR count). The lowest BCUT2D eigenvalue weighted by molar-refractivity contribution is -0.115. The number of hydrogen-bond donors (Lipinski definition) is 4. The van der Waals surface area contributed by atoms with Crippen LogP contribution < -0.4 is 10.6 Å². The summed E-state index contributed by atoms with van der Waals surface area (Å²) in [6, 6.07) is 1.83. The van der Waals surface area contributed by atoms with Crippen molar-refractivity contribution in [2.45, 2.75) is 50.6 Å². The molecule has 1 saturated carbocycles. The zero-order chi connectivity index (χ0) is 21.4. The standard InChI is InChI=1S/C20H21F2N5O3/c1-9(11-6-10(21)2-3-12(11)22)26-20(30)17-16-14(7-23-17)24-8-25-19(16)27-13-4-5-15(28)18(13)29/h2-3,6,8-9,13,15,18,28-29H,4-5,7H2,1H3,(H,26,30)(H,24,25,27)/t9-,13+,15+,18-/m1/s1. The number of nitrogens with one attached hydrogen (secondary N) is 2. The Bertz CT molecular complexity index is 1020. The lowest BCUT2D eigenvalue weighted by atomic mass is 10.1. The highest BCUT2D eigenvalue weighted by Crippen LogP contribution is 2.28. The van der Waals surface area contributed by atoms with E-state index in [4.69, 9.17) is 0 Å². The van der Waals surface area contributed by atoms with Crippen molar-refractivity contribution in [2.75, 3.05) is 5.32 Å². The molecule has 1 aliphatic heterocycles. The number of fused-ring (bicyclic) bond motifs is 1. The lowest BCUT2D eigenvalue weighted by Crippen LogP contribution is -2.36. The zero-order valence-corrected chi connectivity index (χ0v) is 16.1. The summed E-state index contributed by atoms with van der Waals surface area (Å²) < 4.78 is 27.5. The summed E-state index contributed by atoms with van der Waals surface area (Å²) in [5, 5.41) is 25.6. The van der Waals surface area contributed by atoms with Gasteiger partial charge in [-0.25, -0.2) is 18.7 Å². The minimum atomic E-state index is -0.956. The van der Waals surface area contributed by atoms with Crippen molar-refractivity contribution in [3.05, 3.63) is 53.0 Å². The Morgan fingerprint density at radius 1 is 1.23 bits per heavy atom. The molecule has 0 saturated heterocycles. The van der Waals surface area contributed by atoms with Crippen molar-refractivity contribution in [2.24, 2.45) is 4.99 Å². The number of hydrogen-bond acceptors (Lipinski definition) is 7. The number of rotatable bonds is 5. The number of carbonyl (C=O) groups is 1. The highest BCUT2D eigenvalue weighted by atomic mass is 19.1. The number of aromatic nitrogens is 2. The number of anilines is 1. The van der Waals surface area contributed by atoms with Gasteiger partial charge in [0.1, 0.15) is 29.5 Å². The van der Waals surface area contributed by atoms with Gasteiger partial charge in [0.25, 0.3) is 5.91 Å². The minimum absolute atomic E-state index is 0.0212. The molecule has 0 spiro atoms. The molecule has 1 aromatic carbocycles. The monoisotopic (exact) mass is 417 g/mol. The fraction of sp³-hybridized carbons (Fsp3) is 0.400. The number of aliphatic hydroxyl groups is 2. The molecule has 0 radical (unpaired) electrons. The van der Waals surface area contributed by atoms with Crippen LogP contribution in [0.3, 0.4) is 0 Å². The van der Waals surface area contributed by atoms with Crippen molar-refractivity contribution in [3.8, 4) is 0 Å². The zero-order valence-electron chi connectivity index (χ0n) is 16.1. The Balaban J connectivity index is 1.55. The quantitative estimate of drug-likeness (QED) is 0.581. The lowest BCUT2D eigenvalue weighted by Gasteiger charge is -2.20. The molecule has 1 fully saturated rings. The van der Waals surface area contributed by atoms with Gasteiger partial charge in [-0.2, -0.15) is 0 Å². The fourth-order valence-electron chi connectivity index (χ4n) is 3.80. The summed E-state index contributed by atoms with van der Waals surface area (Å²) in [7, 11) is 0. The fourth-order valence-corrected chi connectivity index (χ4v) is 3.80. The molecule has 10 heteroatoms. The number of benzene rings is 1. The average molecular weight is 417 g/mol. The van der Waals surface area contributed by atoms with Gasteiger partial charge in [-0.05, 0) is 38.0 Å². The summed E-state index contributed by atoms with van der Waals surface area (Å²) in [5.41, 5.74) is 1.03. The normalized spacial score (nSPS) is 23.6. The maximum atomic E-state index is 14.0. The van der Waals surface area contributed by atoms with Crippen molar-refractivity contribution in [1.29, 1.82) is 0 Å². The van der Waals surface area contributed by atoms with Gasteiger partial charge in [-0.1, -0.05) is 0 Å². The van der Waals surface area contributed by atoms with E-state index in [0.29, 0.717) is 29.9 Å². The van der Waals surface area contributed by atoms with Crippen LogP contribution in [0.4, 0.5) is 14.6 Å². The van der Waals surface area contributed by atoms with E-state index in [2.05, 4.69) is 25.6 Å². The second-order valence-corrected chi connectivity index (χ2v) is 7.46. The Morgan fingerprint density at radius 3 is 2.77 bits per heavy atom. The molecule has 4 N–H and O–H groups in total. The van der Waals surface area contributed by atoms with Crippen LogP contribution in [0, 0.1) is 11.6 Å². The van der Waals surface area contributed by atoms with E-state index in [1.165, 1.54) is 6.33 Å². The second kappa shape index (κ2) is 8.04. The van der Waals surface area contributed by atoms with E-state index in [-0.39, 0.29) is 17.8 Å². The first kappa shape index (κ1) is 20.3. The topological polar surface area (TPSA) is 120 Å². The Hall–Kier alpha value is -2.98. The van der Waals surface area contributed by atoms with E-state index in [9.17, 15) is 23.8 Å². The van der Waals surface area contributed by atoms with E-state index < -0.39 is 41.8 Å². The molecule has 8 nitrogen and oxygen atoms in total. The van der Waals surface area contributed by atoms with Gasteiger partial charge in [0.05, 0.1) is 42.1 Å². The van der Waals surface area contributed by atoms with E-state index in [1.807, 2.05) is 0 Å². The third-order valence-corrected chi connectivity index (χ3v) is 5.44. The number of amides is 1. The molecule has 158 valence electrons. The van der Waals surface area contributed by atoms with Crippen molar-refractivity contribution in [3.63, 3.8) is 0 Å². The molecule has 0 unspecified atom stereocenters. The Morgan fingerprint density at radius 2 is 2.03 bits per heavy atom. The van der Waals surface area contributed by atoms with E-state index in [0.717, 1.165) is 18.2 Å². The van der Waals surface area contributed by atoms with E-state index >= 15 is 0 Å². The van der Waals surface area contributed by atoms with Gasteiger partial charge in [0.2, 0.25) is 0 Å². The summed E-state index contributed by atoms with van der Waals surface area (Å²) in [6.45, 7) is 1.72. The van der Waals surface area contributed by atoms with Crippen LogP contribution in [-0.2, 0) is 11.3 Å².